The first-order valence-corrected chi connectivity index (χ1v) is 23.4. The number of carbonyl (C=O) groups is 2. The summed E-state index contributed by atoms with van der Waals surface area (Å²) < 4.78 is 31.3. The minimum atomic E-state index is -3.48. The molecule has 1 fully saturated rings. The molecule has 3 aromatic carbocycles. The number of nitrogens with zero attached hydrogens (tertiary/aromatic N) is 5. The number of aliphatic hydroxyl groups excluding tert-OH is 2. The topological polar surface area (TPSA) is 142 Å². The Labute approximate surface area is 340 Å². The van der Waals surface area contributed by atoms with Crippen LogP contribution in [0, 0.1) is 5.92 Å². The van der Waals surface area contributed by atoms with Gasteiger partial charge < -0.3 is 34.0 Å². The van der Waals surface area contributed by atoms with Crippen LogP contribution in [0.3, 0.4) is 0 Å². The second kappa shape index (κ2) is 17.2. The first-order valence-electron chi connectivity index (χ1n) is 20.4. The monoisotopic (exact) mass is 810 g/mol. The lowest BCUT2D eigenvalue weighted by Crippen LogP contribution is -2.49. The van der Waals surface area contributed by atoms with E-state index in [-0.39, 0.29) is 37.5 Å². The Morgan fingerprint density at radius 1 is 1.10 bits per heavy atom. The third kappa shape index (κ3) is 7.63. The number of fused-ring (bicyclic) bond motifs is 3. The third-order valence-electron chi connectivity index (χ3n) is 12.0. The lowest BCUT2D eigenvalue weighted by molar-refractivity contribution is -0.145. The number of unbranched alkanes of at least 4 members (excludes halogenated alkanes) is 1. The largest absolute Gasteiger partial charge is 0.494 e. The van der Waals surface area contributed by atoms with Gasteiger partial charge in [-0.2, -0.15) is 0 Å². The van der Waals surface area contributed by atoms with Crippen molar-refractivity contribution in [2.75, 3.05) is 42.7 Å². The molecular weight excluding hydrogens is 756 g/mol. The van der Waals surface area contributed by atoms with E-state index in [9.17, 15) is 19.8 Å². The maximum absolute atomic E-state index is 16.7. The van der Waals surface area contributed by atoms with E-state index < -0.39 is 37.6 Å². The molecule has 308 valence electrons. The number of ether oxygens (including phenoxy) is 2. The average molecular weight is 811 g/mol. The van der Waals surface area contributed by atoms with Gasteiger partial charge in [-0.05, 0) is 99.8 Å². The maximum atomic E-state index is 16.7. The number of amides is 2. The molecule has 0 saturated carbocycles. The first-order chi connectivity index (χ1) is 28.0. The molecule has 1 spiro atoms. The number of anilines is 3. The summed E-state index contributed by atoms with van der Waals surface area (Å²) in [5, 5.41) is 31.7. The highest BCUT2D eigenvalue weighted by Crippen LogP contribution is 2.61. The highest BCUT2D eigenvalue weighted by Gasteiger charge is 2.66. The predicted octanol–water partition coefficient (Wildman–Crippen LogP) is 6.15. The molecule has 0 bridgehead atoms. The van der Waals surface area contributed by atoms with Crippen molar-refractivity contribution in [1.82, 2.24) is 20.3 Å². The summed E-state index contributed by atoms with van der Waals surface area (Å²) in [6.45, 7) is 12.7. The first kappa shape index (κ1) is 41.4. The van der Waals surface area contributed by atoms with Gasteiger partial charge in [-0.1, -0.05) is 48.5 Å². The van der Waals surface area contributed by atoms with E-state index in [0.29, 0.717) is 67.3 Å². The van der Waals surface area contributed by atoms with Crippen molar-refractivity contribution in [2.24, 2.45) is 5.92 Å². The van der Waals surface area contributed by atoms with Gasteiger partial charge >= 0.3 is 0 Å². The lowest BCUT2D eigenvalue weighted by Gasteiger charge is -2.36. The van der Waals surface area contributed by atoms with Gasteiger partial charge in [-0.15, -0.1) is 11.7 Å². The smallest absolute Gasteiger partial charge is 0.264 e. The number of aromatic nitrogens is 3. The molecule has 3 N–H and O–H groups in total. The van der Waals surface area contributed by atoms with Crippen molar-refractivity contribution in [1.29, 1.82) is 0 Å². The number of hydrogen-bond acceptors (Lipinski definition) is 9. The zero-order valence-corrected chi connectivity index (χ0v) is 34.8. The van der Waals surface area contributed by atoms with Crippen molar-refractivity contribution in [3.8, 4) is 5.75 Å². The molecule has 1 aromatic heterocycles. The van der Waals surface area contributed by atoms with E-state index in [1.165, 1.54) is 0 Å². The van der Waals surface area contributed by atoms with Gasteiger partial charge in [-0.25, -0.2) is 0 Å². The van der Waals surface area contributed by atoms with Gasteiger partial charge in [0.1, 0.15) is 5.75 Å². The predicted molar refractivity (Wildman–Crippen MR) is 224 cm³/mol. The summed E-state index contributed by atoms with van der Waals surface area (Å²) in [7, 11) is -3.48. The molecule has 0 radical (unpaired) electrons. The van der Waals surface area contributed by atoms with Gasteiger partial charge in [0, 0.05) is 48.6 Å². The normalized spacial score (nSPS) is 23.4. The molecule has 58 heavy (non-hydrogen) atoms. The molecule has 7 rings (SSSR count). The summed E-state index contributed by atoms with van der Waals surface area (Å²) in [4.78, 5) is 32.7. The molecule has 2 amide bonds. The standard InChI is InChI=1S/C44H55FN6O6Si/c1-6-21-50-39-17-15-32(51-38-18-16-33(56-7-2)24-31(38)25-36(42(51)54)46-20-11-12-23-52)26-35(39)44(43(50)55)29(3)41(58(4,5)45)40(57-44)19-22-49-27-37(47-48-49)34(28-53)30-13-9-8-10-14-30/h6,8-10,13-18,24,26-27,29,34,36,40-41,46,52-53H,1,7,11-12,19-23,25,28H2,2-5H3/t29-,34?,36?,40+,41-,44+/m1/s1. The van der Waals surface area contributed by atoms with E-state index in [2.05, 4.69) is 22.2 Å². The SMILES string of the molecule is C=CCN1C(=O)[C@@]2(O[C@@H](CCn3cc(C(CO)c4ccccc4)nn3)[C@H]([Si](C)(C)F)[C@H]2C)c2cc(N3C(=O)C(NCCCCO)Cc4cc(OCC)ccc43)ccc21. The number of aliphatic hydroxyl groups is 2. The summed E-state index contributed by atoms with van der Waals surface area (Å²) in [5.74, 6) is -0.583. The fourth-order valence-corrected chi connectivity index (χ4v) is 11.9. The van der Waals surface area contributed by atoms with Crippen LogP contribution in [0.4, 0.5) is 21.2 Å². The molecule has 0 aliphatic carbocycles. The zero-order chi connectivity index (χ0) is 41.2. The average Bonchev–Trinajstić information content (AvgIpc) is 3.86. The van der Waals surface area contributed by atoms with E-state index in [1.807, 2.05) is 86.8 Å². The number of benzene rings is 3. The van der Waals surface area contributed by atoms with Gasteiger partial charge in [-0.3, -0.25) is 19.2 Å². The van der Waals surface area contributed by atoms with Crippen LogP contribution >= 0.6 is 0 Å². The number of halogens is 1. The van der Waals surface area contributed by atoms with Crippen molar-refractivity contribution >= 4 is 37.3 Å². The van der Waals surface area contributed by atoms with Crippen LogP contribution in [0.5, 0.6) is 5.75 Å². The van der Waals surface area contributed by atoms with Crippen LogP contribution in [0.1, 0.15) is 61.4 Å². The molecule has 3 aliphatic rings. The molecule has 3 aliphatic heterocycles. The Hall–Kier alpha value is -4.73. The Morgan fingerprint density at radius 2 is 1.88 bits per heavy atom. The maximum Gasteiger partial charge on any atom is 0.264 e. The minimum absolute atomic E-state index is 0.0803. The van der Waals surface area contributed by atoms with Gasteiger partial charge in [0.2, 0.25) is 14.3 Å². The van der Waals surface area contributed by atoms with Crippen LogP contribution in [0.2, 0.25) is 18.6 Å². The lowest BCUT2D eigenvalue weighted by atomic mass is 9.82. The van der Waals surface area contributed by atoms with Crippen molar-refractivity contribution in [2.45, 2.75) is 88.4 Å². The van der Waals surface area contributed by atoms with Crippen LogP contribution in [0.15, 0.2) is 85.6 Å². The van der Waals surface area contributed by atoms with Gasteiger partial charge in [0.05, 0.1) is 48.3 Å². The molecule has 1 saturated heterocycles. The summed E-state index contributed by atoms with van der Waals surface area (Å²) in [5.41, 5.74) is 2.97. The number of hydrogen-bond donors (Lipinski definition) is 3. The second-order valence-electron chi connectivity index (χ2n) is 16.1. The Kier molecular flexibility index (Phi) is 12.3. The van der Waals surface area contributed by atoms with Crippen LogP contribution in [-0.2, 0) is 32.9 Å². The number of carbonyl (C=O) groups excluding carboxylic acids is 2. The summed E-state index contributed by atoms with van der Waals surface area (Å²) in [6, 6.07) is 20.4. The fourth-order valence-electron chi connectivity index (χ4n) is 9.37. The van der Waals surface area contributed by atoms with Gasteiger partial charge in [0.15, 0.2) is 5.60 Å². The molecule has 6 atom stereocenters. The molecule has 4 heterocycles. The Balaban J connectivity index is 1.24. The molecule has 12 nitrogen and oxygen atoms in total. The van der Waals surface area contributed by atoms with Crippen LogP contribution < -0.4 is 19.9 Å². The third-order valence-corrected chi connectivity index (χ3v) is 14.4. The Morgan fingerprint density at radius 3 is 2.59 bits per heavy atom. The molecule has 2 unspecified atom stereocenters. The van der Waals surface area contributed by atoms with E-state index in [1.54, 1.807) is 33.7 Å². The van der Waals surface area contributed by atoms with Crippen molar-refractivity contribution < 1.29 is 33.4 Å². The molecule has 4 aromatic rings. The highest BCUT2D eigenvalue weighted by molar-refractivity contribution is 6.72. The quantitative estimate of drug-likeness (QED) is 0.0496. The van der Waals surface area contributed by atoms with Gasteiger partial charge in [0.25, 0.3) is 5.91 Å². The summed E-state index contributed by atoms with van der Waals surface area (Å²) in [6.07, 6.45) is 5.04. The number of rotatable bonds is 17. The molecule has 14 heteroatoms. The van der Waals surface area contributed by atoms with Crippen LogP contribution in [-0.4, -0.2) is 90.5 Å². The Bertz CT molecular complexity index is 2110. The second-order valence-corrected chi connectivity index (χ2v) is 19.9. The number of nitrogens with one attached hydrogen (secondary N) is 1. The van der Waals surface area contributed by atoms with Crippen molar-refractivity contribution in [3.63, 3.8) is 0 Å². The minimum Gasteiger partial charge on any atom is -0.494 e. The van der Waals surface area contributed by atoms with E-state index in [0.717, 1.165) is 23.2 Å². The molecular formula is C44H55FN6O6Si. The number of aryl methyl sites for hydroxylation is 1. The van der Waals surface area contributed by atoms with E-state index in [4.69, 9.17) is 9.47 Å². The van der Waals surface area contributed by atoms with E-state index >= 15 is 4.11 Å². The summed E-state index contributed by atoms with van der Waals surface area (Å²) >= 11 is 0. The van der Waals surface area contributed by atoms with Crippen LogP contribution in [0.25, 0.3) is 0 Å². The fraction of sp³-hybridized carbons (Fsp3) is 0.455. The highest BCUT2D eigenvalue weighted by atomic mass is 28.4. The van der Waals surface area contributed by atoms with Crippen molar-refractivity contribution in [3.05, 3.63) is 108 Å². The zero-order valence-electron chi connectivity index (χ0n) is 33.8.